The summed E-state index contributed by atoms with van der Waals surface area (Å²) < 4.78 is 4.96. The second-order valence-corrected chi connectivity index (χ2v) is 5.31. The van der Waals surface area contributed by atoms with Crippen molar-refractivity contribution in [3.8, 4) is 0 Å². The lowest BCUT2D eigenvalue weighted by Gasteiger charge is -2.07. The van der Waals surface area contributed by atoms with Crippen molar-refractivity contribution in [3.05, 3.63) is 60.1 Å². The van der Waals surface area contributed by atoms with E-state index in [0.717, 1.165) is 0 Å². The molecule has 0 atom stereocenters. The SMILES string of the molecule is O=C(CCCNC(=O)c1ccccc1)NCCNC(=O)c1ccco1. The Morgan fingerprint density at radius 1 is 0.800 bits per heavy atom. The third-order valence-electron chi connectivity index (χ3n) is 3.38. The first-order chi connectivity index (χ1) is 12.2. The van der Waals surface area contributed by atoms with Gasteiger partial charge in [-0.3, -0.25) is 14.4 Å². The summed E-state index contributed by atoms with van der Waals surface area (Å²) in [6.45, 7) is 1.08. The van der Waals surface area contributed by atoms with E-state index in [1.54, 1.807) is 36.4 Å². The number of furan rings is 1. The van der Waals surface area contributed by atoms with Gasteiger partial charge in [-0.1, -0.05) is 18.2 Å². The van der Waals surface area contributed by atoms with Crippen molar-refractivity contribution in [3.63, 3.8) is 0 Å². The van der Waals surface area contributed by atoms with E-state index in [9.17, 15) is 14.4 Å². The Morgan fingerprint density at radius 2 is 1.52 bits per heavy atom. The van der Waals surface area contributed by atoms with Gasteiger partial charge >= 0.3 is 0 Å². The first-order valence-corrected chi connectivity index (χ1v) is 8.08. The zero-order chi connectivity index (χ0) is 17.9. The van der Waals surface area contributed by atoms with E-state index < -0.39 is 0 Å². The van der Waals surface area contributed by atoms with Crippen LogP contribution in [-0.4, -0.2) is 37.4 Å². The summed E-state index contributed by atoms with van der Waals surface area (Å²) in [5, 5.41) is 8.11. The molecule has 2 aromatic rings. The largest absolute Gasteiger partial charge is 0.459 e. The molecule has 0 radical (unpaired) electrons. The average molecular weight is 343 g/mol. The van der Waals surface area contributed by atoms with Gasteiger partial charge in [0.25, 0.3) is 11.8 Å². The van der Waals surface area contributed by atoms with Crippen molar-refractivity contribution < 1.29 is 18.8 Å². The summed E-state index contributed by atoms with van der Waals surface area (Å²) in [4.78, 5) is 35.1. The van der Waals surface area contributed by atoms with Gasteiger partial charge in [0.1, 0.15) is 0 Å². The first kappa shape index (κ1) is 18.3. The van der Waals surface area contributed by atoms with Crippen LogP contribution in [0.1, 0.15) is 33.8 Å². The maximum absolute atomic E-state index is 11.8. The summed E-state index contributed by atoms with van der Waals surface area (Å²) in [6.07, 6.45) is 2.28. The van der Waals surface area contributed by atoms with Crippen LogP contribution in [0.4, 0.5) is 0 Å². The number of benzene rings is 1. The van der Waals surface area contributed by atoms with E-state index in [0.29, 0.717) is 38.0 Å². The molecule has 3 N–H and O–H groups in total. The van der Waals surface area contributed by atoms with Crippen LogP contribution in [-0.2, 0) is 4.79 Å². The van der Waals surface area contributed by atoms with Crippen LogP contribution in [0, 0.1) is 0 Å². The third-order valence-corrected chi connectivity index (χ3v) is 3.38. The molecule has 7 heteroatoms. The van der Waals surface area contributed by atoms with Crippen molar-refractivity contribution in [1.29, 1.82) is 0 Å². The monoisotopic (exact) mass is 343 g/mol. The fraction of sp³-hybridized carbons (Fsp3) is 0.278. The Morgan fingerprint density at radius 3 is 2.24 bits per heavy atom. The lowest BCUT2D eigenvalue weighted by atomic mass is 10.2. The molecule has 0 aliphatic carbocycles. The predicted octanol–water partition coefficient (Wildman–Crippen LogP) is 1.34. The number of carbonyl (C=O) groups excluding carboxylic acids is 3. The van der Waals surface area contributed by atoms with E-state index >= 15 is 0 Å². The summed E-state index contributed by atoms with van der Waals surface area (Å²) in [6, 6.07) is 12.1. The second-order valence-electron chi connectivity index (χ2n) is 5.31. The molecule has 0 fully saturated rings. The van der Waals surface area contributed by atoms with E-state index in [1.807, 2.05) is 6.07 Å². The number of amides is 3. The molecule has 0 saturated heterocycles. The molecular weight excluding hydrogens is 322 g/mol. The molecule has 1 aromatic carbocycles. The van der Waals surface area contributed by atoms with Gasteiger partial charge in [0, 0.05) is 31.6 Å². The zero-order valence-electron chi connectivity index (χ0n) is 13.8. The molecule has 2 rings (SSSR count). The highest BCUT2D eigenvalue weighted by atomic mass is 16.3. The fourth-order valence-electron chi connectivity index (χ4n) is 2.10. The lowest BCUT2D eigenvalue weighted by Crippen LogP contribution is -2.34. The van der Waals surface area contributed by atoms with E-state index in [-0.39, 0.29) is 23.5 Å². The minimum Gasteiger partial charge on any atom is -0.459 e. The Labute approximate surface area is 145 Å². The Hall–Kier alpha value is -3.09. The maximum atomic E-state index is 11.8. The Balaban J connectivity index is 1.51. The van der Waals surface area contributed by atoms with Crippen LogP contribution in [0.2, 0.25) is 0 Å². The summed E-state index contributed by atoms with van der Waals surface area (Å²) in [7, 11) is 0. The number of rotatable bonds is 9. The molecule has 25 heavy (non-hydrogen) atoms. The van der Waals surface area contributed by atoms with Crippen LogP contribution in [0.25, 0.3) is 0 Å². The highest BCUT2D eigenvalue weighted by Crippen LogP contribution is 1.99. The summed E-state index contributed by atoms with van der Waals surface area (Å²) in [5.41, 5.74) is 0.597. The maximum Gasteiger partial charge on any atom is 0.287 e. The van der Waals surface area contributed by atoms with Crippen LogP contribution >= 0.6 is 0 Å². The summed E-state index contributed by atoms with van der Waals surface area (Å²) in [5.74, 6) is -0.355. The molecule has 3 amide bonds. The van der Waals surface area contributed by atoms with Crippen LogP contribution in [0.5, 0.6) is 0 Å². The first-order valence-electron chi connectivity index (χ1n) is 8.08. The van der Waals surface area contributed by atoms with Gasteiger partial charge in [-0.05, 0) is 30.7 Å². The normalized spacial score (nSPS) is 10.1. The molecule has 0 spiro atoms. The molecule has 0 aliphatic rings. The Kier molecular flexibility index (Phi) is 7.24. The van der Waals surface area contributed by atoms with E-state index in [2.05, 4.69) is 16.0 Å². The van der Waals surface area contributed by atoms with E-state index in [4.69, 9.17) is 4.42 Å². The summed E-state index contributed by atoms with van der Waals surface area (Å²) >= 11 is 0. The van der Waals surface area contributed by atoms with E-state index in [1.165, 1.54) is 6.26 Å². The molecule has 0 bridgehead atoms. The topological polar surface area (TPSA) is 100 Å². The molecular formula is C18H21N3O4. The zero-order valence-corrected chi connectivity index (χ0v) is 13.8. The smallest absolute Gasteiger partial charge is 0.287 e. The number of nitrogens with one attached hydrogen (secondary N) is 3. The van der Waals surface area contributed by atoms with Gasteiger partial charge in [-0.25, -0.2) is 0 Å². The van der Waals surface area contributed by atoms with Gasteiger partial charge < -0.3 is 20.4 Å². The quantitative estimate of drug-likeness (QED) is 0.598. The van der Waals surface area contributed by atoms with Crippen LogP contribution in [0.15, 0.2) is 53.1 Å². The van der Waals surface area contributed by atoms with Crippen molar-refractivity contribution in [1.82, 2.24) is 16.0 Å². The average Bonchev–Trinajstić information content (AvgIpc) is 3.17. The lowest BCUT2D eigenvalue weighted by molar-refractivity contribution is -0.121. The van der Waals surface area contributed by atoms with Gasteiger partial charge in [0.2, 0.25) is 5.91 Å². The minimum atomic E-state index is -0.317. The molecule has 0 saturated carbocycles. The minimum absolute atomic E-state index is 0.124. The highest BCUT2D eigenvalue weighted by Gasteiger charge is 2.08. The molecule has 1 aromatic heterocycles. The van der Waals surface area contributed by atoms with Crippen LogP contribution in [0.3, 0.4) is 0 Å². The van der Waals surface area contributed by atoms with Gasteiger partial charge in [0.05, 0.1) is 6.26 Å². The second kappa shape index (κ2) is 9.92. The molecule has 132 valence electrons. The predicted molar refractivity (Wildman–Crippen MR) is 92.1 cm³/mol. The number of hydrogen-bond donors (Lipinski definition) is 3. The number of carbonyl (C=O) groups is 3. The highest BCUT2D eigenvalue weighted by molar-refractivity contribution is 5.94. The van der Waals surface area contributed by atoms with Gasteiger partial charge in [-0.2, -0.15) is 0 Å². The van der Waals surface area contributed by atoms with Crippen molar-refractivity contribution in [2.75, 3.05) is 19.6 Å². The third kappa shape index (κ3) is 6.50. The van der Waals surface area contributed by atoms with Gasteiger partial charge in [0.15, 0.2) is 5.76 Å². The van der Waals surface area contributed by atoms with Crippen molar-refractivity contribution in [2.24, 2.45) is 0 Å². The Bertz CT molecular complexity index is 684. The molecule has 0 unspecified atom stereocenters. The number of hydrogen-bond acceptors (Lipinski definition) is 4. The van der Waals surface area contributed by atoms with Crippen molar-refractivity contribution in [2.45, 2.75) is 12.8 Å². The standard InChI is InChI=1S/C18H21N3O4/c22-16(19-11-12-21-18(24)15-8-5-13-25-15)9-4-10-20-17(23)14-6-2-1-3-7-14/h1-3,5-8,13H,4,9-12H2,(H,19,22)(H,20,23)(H,21,24). The van der Waals surface area contributed by atoms with Gasteiger partial charge in [-0.15, -0.1) is 0 Å². The molecule has 0 aliphatic heterocycles. The molecule has 7 nitrogen and oxygen atoms in total. The van der Waals surface area contributed by atoms with Crippen LogP contribution < -0.4 is 16.0 Å². The van der Waals surface area contributed by atoms with Crippen molar-refractivity contribution >= 4 is 17.7 Å². The fourth-order valence-corrected chi connectivity index (χ4v) is 2.10. The molecule has 1 heterocycles.